The first-order chi connectivity index (χ1) is 10.1. The molecule has 21 heavy (non-hydrogen) atoms. The summed E-state index contributed by atoms with van der Waals surface area (Å²) in [4.78, 5) is 12.0. The third-order valence-electron chi connectivity index (χ3n) is 2.79. The van der Waals surface area contributed by atoms with E-state index in [2.05, 4.69) is 19.2 Å². The van der Waals surface area contributed by atoms with Gasteiger partial charge in [0.15, 0.2) is 0 Å². The number of hydrogen-bond acceptors (Lipinski definition) is 2. The van der Waals surface area contributed by atoms with Crippen molar-refractivity contribution >= 4 is 11.6 Å². The van der Waals surface area contributed by atoms with Crippen molar-refractivity contribution in [1.82, 2.24) is 0 Å². The number of benzene rings is 2. The smallest absolute Gasteiger partial charge is 0.258 e. The second-order valence-corrected chi connectivity index (χ2v) is 5.17. The van der Waals surface area contributed by atoms with Crippen LogP contribution < -0.4 is 10.1 Å². The van der Waals surface area contributed by atoms with Gasteiger partial charge in [0, 0.05) is 11.8 Å². The Morgan fingerprint density at radius 3 is 2.67 bits per heavy atom. The van der Waals surface area contributed by atoms with Gasteiger partial charge in [-0.3, -0.25) is 4.79 Å². The maximum Gasteiger partial charge on any atom is 0.258 e. The van der Waals surface area contributed by atoms with Crippen LogP contribution in [-0.4, -0.2) is 12.5 Å². The molecule has 0 spiro atoms. The Morgan fingerprint density at radius 2 is 1.95 bits per heavy atom. The summed E-state index contributed by atoms with van der Waals surface area (Å²) >= 11 is 0. The number of hydrogen-bond donors (Lipinski definition) is 1. The highest BCUT2D eigenvalue weighted by Gasteiger charge is 2.11. The molecule has 0 aliphatic carbocycles. The molecule has 2 aromatic carbocycles. The normalized spacial score (nSPS) is 10.5. The molecule has 0 bridgehead atoms. The van der Waals surface area contributed by atoms with E-state index >= 15 is 0 Å². The molecule has 0 fully saturated rings. The molecule has 1 N–H and O–H groups in total. The fourth-order valence-corrected chi connectivity index (χ4v) is 1.77. The maximum atomic E-state index is 13.5. The average molecular weight is 287 g/mol. The topological polar surface area (TPSA) is 38.3 Å². The van der Waals surface area contributed by atoms with Gasteiger partial charge < -0.3 is 10.1 Å². The van der Waals surface area contributed by atoms with Crippen LogP contribution in [0.5, 0.6) is 5.75 Å². The van der Waals surface area contributed by atoms with Crippen molar-refractivity contribution in [2.75, 3.05) is 11.9 Å². The van der Waals surface area contributed by atoms with Gasteiger partial charge in [-0.1, -0.05) is 32.0 Å². The van der Waals surface area contributed by atoms with Gasteiger partial charge in [-0.15, -0.1) is 0 Å². The maximum absolute atomic E-state index is 13.5. The van der Waals surface area contributed by atoms with Gasteiger partial charge in [0.25, 0.3) is 5.91 Å². The first kappa shape index (κ1) is 15.0. The molecule has 0 saturated heterocycles. The Hall–Kier alpha value is -2.36. The van der Waals surface area contributed by atoms with E-state index in [1.54, 1.807) is 30.3 Å². The van der Waals surface area contributed by atoms with Crippen LogP contribution in [0.25, 0.3) is 0 Å². The monoisotopic (exact) mass is 287 g/mol. The molecule has 2 rings (SSSR count). The van der Waals surface area contributed by atoms with Crippen LogP contribution in [0.4, 0.5) is 10.1 Å². The molecule has 110 valence electrons. The molecule has 0 heterocycles. The van der Waals surface area contributed by atoms with Crippen LogP contribution in [0.1, 0.15) is 24.2 Å². The molecular formula is C17H18FNO2. The predicted molar refractivity (Wildman–Crippen MR) is 81.1 cm³/mol. The summed E-state index contributed by atoms with van der Waals surface area (Å²) in [5, 5.41) is 2.67. The van der Waals surface area contributed by atoms with Gasteiger partial charge >= 0.3 is 0 Å². The van der Waals surface area contributed by atoms with Crippen molar-refractivity contribution in [2.24, 2.45) is 5.92 Å². The van der Waals surface area contributed by atoms with E-state index in [4.69, 9.17) is 4.74 Å². The Bertz CT molecular complexity index is 626. The molecule has 3 nitrogen and oxygen atoms in total. The van der Waals surface area contributed by atoms with Gasteiger partial charge in [-0.25, -0.2) is 4.39 Å². The number of ether oxygens (including phenoxy) is 1. The second-order valence-electron chi connectivity index (χ2n) is 5.17. The van der Waals surface area contributed by atoms with Gasteiger partial charge in [-0.05, 0) is 30.2 Å². The lowest BCUT2D eigenvalue weighted by Crippen LogP contribution is -2.13. The molecule has 4 heteroatoms. The SMILES string of the molecule is CC(C)COc1cccc(NC(=O)c2ccccc2F)c1. The van der Waals surface area contributed by atoms with Crippen LogP contribution >= 0.6 is 0 Å². The summed E-state index contributed by atoms with van der Waals surface area (Å²) < 4.78 is 19.1. The molecule has 0 atom stereocenters. The minimum atomic E-state index is -0.540. The number of rotatable bonds is 5. The highest BCUT2D eigenvalue weighted by Crippen LogP contribution is 2.19. The van der Waals surface area contributed by atoms with Gasteiger partial charge in [0.2, 0.25) is 0 Å². The van der Waals surface area contributed by atoms with Crippen LogP contribution in [0, 0.1) is 11.7 Å². The number of carbonyl (C=O) groups is 1. The van der Waals surface area contributed by atoms with E-state index < -0.39 is 11.7 Å². The first-order valence-corrected chi connectivity index (χ1v) is 6.85. The third-order valence-corrected chi connectivity index (χ3v) is 2.79. The number of amides is 1. The second kappa shape index (κ2) is 6.88. The highest BCUT2D eigenvalue weighted by molar-refractivity contribution is 6.04. The number of anilines is 1. The van der Waals surface area contributed by atoms with E-state index in [-0.39, 0.29) is 5.56 Å². The predicted octanol–water partition coefficient (Wildman–Crippen LogP) is 4.11. The zero-order valence-corrected chi connectivity index (χ0v) is 12.1. The van der Waals surface area contributed by atoms with Crippen molar-refractivity contribution in [1.29, 1.82) is 0 Å². The Labute approximate surface area is 123 Å². The van der Waals surface area contributed by atoms with E-state index in [1.807, 2.05) is 6.07 Å². The molecule has 0 aliphatic rings. The van der Waals surface area contributed by atoms with Crippen LogP contribution in [0.3, 0.4) is 0 Å². The summed E-state index contributed by atoms with van der Waals surface area (Å²) in [7, 11) is 0. The largest absolute Gasteiger partial charge is 0.493 e. The summed E-state index contributed by atoms with van der Waals surface area (Å²) in [6, 6.07) is 12.9. The highest BCUT2D eigenvalue weighted by atomic mass is 19.1. The molecule has 0 aromatic heterocycles. The molecule has 0 aliphatic heterocycles. The minimum absolute atomic E-state index is 0.0194. The van der Waals surface area contributed by atoms with Crippen LogP contribution in [-0.2, 0) is 0 Å². The lowest BCUT2D eigenvalue weighted by Gasteiger charge is -2.11. The molecule has 0 radical (unpaired) electrons. The molecule has 0 unspecified atom stereocenters. The fourth-order valence-electron chi connectivity index (χ4n) is 1.77. The van der Waals surface area contributed by atoms with Gasteiger partial charge in [0.05, 0.1) is 12.2 Å². The summed E-state index contributed by atoms with van der Waals surface area (Å²) in [5.41, 5.74) is 0.593. The quantitative estimate of drug-likeness (QED) is 0.898. The third kappa shape index (κ3) is 4.31. The van der Waals surface area contributed by atoms with E-state index in [0.29, 0.717) is 24.0 Å². The first-order valence-electron chi connectivity index (χ1n) is 6.85. The van der Waals surface area contributed by atoms with E-state index in [0.717, 1.165) is 0 Å². The van der Waals surface area contributed by atoms with Crippen LogP contribution in [0.15, 0.2) is 48.5 Å². The standard InChI is InChI=1S/C17H18FNO2/c1-12(2)11-21-14-7-5-6-13(10-14)19-17(20)15-8-3-4-9-16(15)18/h3-10,12H,11H2,1-2H3,(H,19,20). The Kier molecular flexibility index (Phi) is 4.93. The van der Waals surface area contributed by atoms with Gasteiger partial charge in [-0.2, -0.15) is 0 Å². The van der Waals surface area contributed by atoms with Crippen molar-refractivity contribution in [3.63, 3.8) is 0 Å². The Morgan fingerprint density at radius 1 is 1.19 bits per heavy atom. The van der Waals surface area contributed by atoms with Crippen molar-refractivity contribution in [3.05, 3.63) is 59.9 Å². The summed E-state index contributed by atoms with van der Waals surface area (Å²) in [6.45, 7) is 4.72. The average Bonchev–Trinajstić information content (AvgIpc) is 2.46. The summed E-state index contributed by atoms with van der Waals surface area (Å²) in [6.07, 6.45) is 0. The van der Waals surface area contributed by atoms with Crippen molar-refractivity contribution in [3.8, 4) is 5.75 Å². The number of nitrogens with one attached hydrogen (secondary N) is 1. The van der Waals surface area contributed by atoms with Gasteiger partial charge in [0.1, 0.15) is 11.6 Å². The minimum Gasteiger partial charge on any atom is -0.493 e. The number of carbonyl (C=O) groups excluding carboxylic acids is 1. The molecule has 0 saturated carbocycles. The zero-order valence-electron chi connectivity index (χ0n) is 12.1. The fraction of sp³-hybridized carbons (Fsp3) is 0.235. The van der Waals surface area contributed by atoms with Crippen molar-refractivity contribution < 1.29 is 13.9 Å². The van der Waals surface area contributed by atoms with E-state index in [1.165, 1.54) is 12.1 Å². The molecule has 1 amide bonds. The lowest BCUT2D eigenvalue weighted by atomic mass is 10.2. The lowest BCUT2D eigenvalue weighted by molar-refractivity contribution is 0.102. The number of halogens is 1. The Balaban J connectivity index is 2.07. The summed E-state index contributed by atoms with van der Waals surface area (Å²) in [5.74, 6) is 0.0769. The van der Waals surface area contributed by atoms with Crippen molar-refractivity contribution in [2.45, 2.75) is 13.8 Å². The van der Waals surface area contributed by atoms with E-state index in [9.17, 15) is 9.18 Å². The molecular weight excluding hydrogens is 269 g/mol. The molecule has 2 aromatic rings. The zero-order chi connectivity index (χ0) is 15.2. The van der Waals surface area contributed by atoms with Crippen LogP contribution in [0.2, 0.25) is 0 Å².